The Hall–Kier alpha value is -2.31. The summed E-state index contributed by atoms with van der Waals surface area (Å²) in [4.78, 5) is 11.9. The smallest absolute Gasteiger partial charge is 0.324 e. The van der Waals surface area contributed by atoms with Crippen molar-refractivity contribution in [2.24, 2.45) is 0 Å². The van der Waals surface area contributed by atoms with Gasteiger partial charge in [0, 0.05) is 18.8 Å². The molecule has 4 nitrogen and oxygen atoms in total. The Morgan fingerprint density at radius 3 is 2.70 bits per heavy atom. The average Bonchev–Trinajstić information content (AvgIpc) is 3.00. The molecule has 1 aromatic heterocycles. The monoisotopic (exact) mass is 325 g/mol. The SMILES string of the molecule is CCCCCC(=O)Nc1cc(C(F)(F)F)ccc1-n1cccn1. The number of amides is 1. The first kappa shape index (κ1) is 17.1. The van der Waals surface area contributed by atoms with Crippen molar-refractivity contribution < 1.29 is 18.0 Å². The van der Waals surface area contributed by atoms with Crippen LogP contribution in [0.4, 0.5) is 18.9 Å². The number of hydrogen-bond acceptors (Lipinski definition) is 2. The Balaban J connectivity index is 2.28. The van der Waals surface area contributed by atoms with Crippen molar-refractivity contribution in [1.29, 1.82) is 0 Å². The number of rotatable bonds is 6. The molecule has 0 fully saturated rings. The normalized spacial score (nSPS) is 11.5. The minimum absolute atomic E-state index is 0.102. The highest BCUT2D eigenvalue weighted by molar-refractivity contribution is 5.93. The van der Waals surface area contributed by atoms with Gasteiger partial charge in [-0.25, -0.2) is 4.68 Å². The Kier molecular flexibility index (Phi) is 5.41. The lowest BCUT2D eigenvalue weighted by atomic mass is 10.1. The molecule has 0 bridgehead atoms. The largest absolute Gasteiger partial charge is 0.416 e. The third-order valence-corrected chi connectivity index (χ3v) is 3.36. The van der Waals surface area contributed by atoms with E-state index < -0.39 is 11.7 Å². The van der Waals surface area contributed by atoms with Crippen molar-refractivity contribution in [2.75, 3.05) is 5.32 Å². The maximum absolute atomic E-state index is 12.9. The van der Waals surface area contributed by atoms with E-state index in [1.54, 1.807) is 12.3 Å². The summed E-state index contributed by atoms with van der Waals surface area (Å²) in [7, 11) is 0. The van der Waals surface area contributed by atoms with E-state index in [9.17, 15) is 18.0 Å². The van der Waals surface area contributed by atoms with Crippen LogP contribution in [0, 0.1) is 0 Å². The lowest BCUT2D eigenvalue weighted by Gasteiger charge is -2.14. The van der Waals surface area contributed by atoms with Gasteiger partial charge < -0.3 is 5.32 Å². The second kappa shape index (κ2) is 7.30. The molecule has 23 heavy (non-hydrogen) atoms. The van der Waals surface area contributed by atoms with Crippen molar-refractivity contribution >= 4 is 11.6 Å². The van der Waals surface area contributed by atoms with Crippen LogP contribution >= 0.6 is 0 Å². The number of nitrogens with zero attached hydrogens (tertiary/aromatic N) is 2. The highest BCUT2D eigenvalue weighted by Gasteiger charge is 2.31. The van der Waals surface area contributed by atoms with Crippen molar-refractivity contribution in [3.63, 3.8) is 0 Å². The fourth-order valence-corrected chi connectivity index (χ4v) is 2.17. The molecule has 0 aliphatic carbocycles. The van der Waals surface area contributed by atoms with E-state index in [1.807, 2.05) is 6.92 Å². The first-order valence-electron chi connectivity index (χ1n) is 7.43. The van der Waals surface area contributed by atoms with Gasteiger partial charge in [0.15, 0.2) is 0 Å². The number of unbranched alkanes of at least 4 members (excludes halogenated alkanes) is 2. The molecule has 1 heterocycles. The zero-order valence-corrected chi connectivity index (χ0v) is 12.7. The number of aromatic nitrogens is 2. The standard InChI is InChI=1S/C16H18F3N3O/c1-2-3-4-6-15(23)21-13-11-12(16(17,18)19)7-8-14(13)22-10-5-9-20-22/h5,7-11H,2-4,6H2,1H3,(H,21,23). The first-order valence-corrected chi connectivity index (χ1v) is 7.43. The van der Waals surface area contributed by atoms with E-state index in [2.05, 4.69) is 10.4 Å². The van der Waals surface area contributed by atoms with Crippen LogP contribution in [0.5, 0.6) is 0 Å². The predicted octanol–water partition coefficient (Wildman–Crippen LogP) is 4.41. The molecule has 7 heteroatoms. The molecule has 0 unspecified atom stereocenters. The lowest BCUT2D eigenvalue weighted by molar-refractivity contribution is -0.137. The quantitative estimate of drug-likeness (QED) is 0.800. The lowest BCUT2D eigenvalue weighted by Crippen LogP contribution is -2.15. The number of anilines is 1. The number of hydrogen-bond donors (Lipinski definition) is 1. The van der Waals surface area contributed by atoms with Crippen molar-refractivity contribution in [1.82, 2.24) is 9.78 Å². The van der Waals surface area contributed by atoms with E-state index >= 15 is 0 Å². The predicted molar refractivity (Wildman–Crippen MR) is 81.3 cm³/mol. The third kappa shape index (κ3) is 4.58. The maximum atomic E-state index is 12.9. The third-order valence-electron chi connectivity index (χ3n) is 3.36. The van der Waals surface area contributed by atoms with Crippen LogP contribution in [-0.2, 0) is 11.0 Å². The minimum atomic E-state index is -4.47. The van der Waals surface area contributed by atoms with Gasteiger partial charge in [-0.2, -0.15) is 18.3 Å². The molecule has 0 radical (unpaired) electrons. The van der Waals surface area contributed by atoms with E-state index in [1.165, 1.54) is 16.9 Å². The summed E-state index contributed by atoms with van der Waals surface area (Å²) in [6, 6.07) is 4.88. The van der Waals surface area contributed by atoms with Gasteiger partial charge in [0.25, 0.3) is 0 Å². The summed E-state index contributed by atoms with van der Waals surface area (Å²) in [5.74, 6) is -0.300. The second-order valence-electron chi connectivity index (χ2n) is 5.19. The fourth-order valence-electron chi connectivity index (χ4n) is 2.17. The number of benzene rings is 1. The van der Waals surface area contributed by atoms with Gasteiger partial charge in [-0.1, -0.05) is 19.8 Å². The Labute approximate surface area is 132 Å². The Bertz CT molecular complexity index is 651. The van der Waals surface area contributed by atoms with Gasteiger partial charge in [0.05, 0.1) is 16.9 Å². The highest BCUT2D eigenvalue weighted by Crippen LogP contribution is 2.33. The number of carbonyl (C=O) groups excluding carboxylic acids is 1. The molecule has 1 aromatic carbocycles. The molecule has 1 N–H and O–H groups in total. The topological polar surface area (TPSA) is 46.9 Å². The van der Waals surface area contributed by atoms with E-state index in [0.29, 0.717) is 12.1 Å². The number of carbonyl (C=O) groups is 1. The first-order chi connectivity index (χ1) is 10.9. The molecule has 0 saturated carbocycles. The van der Waals surface area contributed by atoms with E-state index in [-0.39, 0.29) is 18.0 Å². The van der Waals surface area contributed by atoms with Gasteiger partial charge in [-0.3, -0.25) is 4.79 Å². The molecule has 0 saturated heterocycles. The van der Waals surface area contributed by atoms with Crippen LogP contribution in [0.1, 0.15) is 38.2 Å². The molecule has 0 aliphatic heterocycles. The van der Waals surface area contributed by atoms with Crippen LogP contribution in [0.15, 0.2) is 36.7 Å². The number of nitrogens with one attached hydrogen (secondary N) is 1. The van der Waals surface area contributed by atoms with Gasteiger partial charge in [0.2, 0.25) is 5.91 Å². The summed E-state index contributed by atoms with van der Waals surface area (Å²) in [6.07, 6.45) is 1.52. The van der Waals surface area contributed by atoms with Crippen LogP contribution in [0.25, 0.3) is 5.69 Å². The summed E-state index contributed by atoms with van der Waals surface area (Å²) < 4.78 is 40.1. The van der Waals surface area contributed by atoms with Crippen molar-refractivity contribution in [3.8, 4) is 5.69 Å². The van der Waals surface area contributed by atoms with E-state index in [4.69, 9.17) is 0 Å². The zero-order chi connectivity index (χ0) is 16.9. The van der Waals surface area contributed by atoms with Gasteiger partial charge in [-0.15, -0.1) is 0 Å². The van der Waals surface area contributed by atoms with Crippen LogP contribution in [0.3, 0.4) is 0 Å². The molecule has 0 aliphatic rings. The average molecular weight is 325 g/mol. The number of alkyl halides is 3. The Morgan fingerprint density at radius 1 is 1.30 bits per heavy atom. The van der Waals surface area contributed by atoms with Gasteiger partial charge in [0.1, 0.15) is 0 Å². The molecule has 0 spiro atoms. The minimum Gasteiger partial charge on any atom is -0.324 e. The summed E-state index contributed by atoms with van der Waals surface area (Å²) >= 11 is 0. The van der Waals surface area contributed by atoms with Gasteiger partial charge >= 0.3 is 6.18 Å². The molecule has 2 aromatic rings. The summed E-state index contributed by atoms with van der Waals surface area (Å²) in [6.45, 7) is 2.01. The fraction of sp³-hybridized carbons (Fsp3) is 0.375. The van der Waals surface area contributed by atoms with Crippen LogP contribution in [-0.4, -0.2) is 15.7 Å². The van der Waals surface area contributed by atoms with E-state index in [0.717, 1.165) is 25.0 Å². The van der Waals surface area contributed by atoms with Crippen LogP contribution < -0.4 is 5.32 Å². The Morgan fingerprint density at radius 2 is 2.09 bits per heavy atom. The summed E-state index contributed by atoms with van der Waals surface area (Å²) in [5, 5.41) is 6.58. The van der Waals surface area contributed by atoms with Crippen LogP contribution in [0.2, 0.25) is 0 Å². The molecule has 1 amide bonds. The molecule has 0 atom stereocenters. The van der Waals surface area contributed by atoms with Gasteiger partial charge in [-0.05, 0) is 30.7 Å². The zero-order valence-electron chi connectivity index (χ0n) is 12.7. The molecule has 2 rings (SSSR count). The molecular formula is C16H18F3N3O. The maximum Gasteiger partial charge on any atom is 0.416 e. The van der Waals surface area contributed by atoms with Crippen molar-refractivity contribution in [3.05, 3.63) is 42.2 Å². The molecule has 124 valence electrons. The molecular weight excluding hydrogens is 307 g/mol. The van der Waals surface area contributed by atoms with Crippen molar-refractivity contribution in [2.45, 2.75) is 38.8 Å². The second-order valence-corrected chi connectivity index (χ2v) is 5.19. The highest BCUT2D eigenvalue weighted by atomic mass is 19.4. The summed E-state index contributed by atoms with van der Waals surface area (Å²) in [5.41, 5.74) is -0.311. The number of halogens is 3.